The number of fused-ring (bicyclic) bond motifs is 1. The highest BCUT2D eigenvalue weighted by Crippen LogP contribution is 2.24. The smallest absolute Gasteiger partial charge is 0.276 e. The topological polar surface area (TPSA) is 75.9 Å². The zero-order chi connectivity index (χ0) is 18.8. The van der Waals surface area contributed by atoms with Crippen molar-refractivity contribution in [2.75, 3.05) is 26.7 Å². The van der Waals surface area contributed by atoms with Gasteiger partial charge in [0, 0.05) is 36.3 Å². The van der Waals surface area contributed by atoms with Crippen molar-refractivity contribution in [2.45, 2.75) is 19.8 Å². The molecule has 1 N–H and O–H groups in total. The highest BCUT2D eigenvalue weighted by atomic mass is 35.5. The number of rotatable bonds is 4. The third kappa shape index (κ3) is 4.52. The summed E-state index contributed by atoms with van der Waals surface area (Å²) in [5.74, 6) is 0.468. The number of hydrogen-bond acceptors (Lipinski definition) is 5. The first kappa shape index (κ1) is 23.1. The Hall–Kier alpha value is -2.22. The summed E-state index contributed by atoms with van der Waals surface area (Å²) in [5, 5.41) is 13.8. The molecule has 1 unspecified atom stereocenters. The van der Waals surface area contributed by atoms with Crippen molar-refractivity contribution in [1.29, 1.82) is 0 Å². The number of nitrogens with zero attached hydrogens (tertiary/aromatic N) is 5. The average Bonchev–Trinajstić information content (AvgIpc) is 3.08. The lowest BCUT2D eigenvalue weighted by Gasteiger charge is -2.32. The number of halogens is 2. The van der Waals surface area contributed by atoms with Crippen LogP contribution in [0.4, 0.5) is 0 Å². The van der Waals surface area contributed by atoms with E-state index in [1.165, 1.54) is 0 Å². The molecular formula is C20H26Cl2N6O. The van der Waals surface area contributed by atoms with Gasteiger partial charge in [-0.05, 0) is 51.4 Å². The Morgan fingerprint density at radius 2 is 2.10 bits per heavy atom. The van der Waals surface area contributed by atoms with Crippen molar-refractivity contribution in [3.05, 3.63) is 48.0 Å². The number of piperidine rings is 1. The number of benzene rings is 1. The number of carbonyl (C=O) groups is 1. The van der Waals surface area contributed by atoms with Gasteiger partial charge in [-0.15, -0.1) is 29.9 Å². The molecule has 0 aliphatic carbocycles. The quantitative estimate of drug-likeness (QED) is 0.679. The maximum absolute atomic E-state index is 13.1. The monoisotopic (exact) mass is 436 g/mol. The van der Waals surface area contributed by atoms with Crippen molar-refractivity contribution in [3.63, 3.8) is 0 Å². The number of aromatic nitrogens is 4. The van der Waals surface area contributed by atoms with Gasteiger partial charge < -0.3 is 10.2 Å². The van der Waals surface area contributed by atoms with Gasteiger partial charge in [0.1, 0.15) is 0 Å². The molecule has 2 aromatic heterocycles. The lowest BCUT2D eigenvalue weighted by Crippen LogP contribution is -2.42. The van der Waals surface area contributed by atoms with Gasteiger partial charge in [0.25, 0.3) is 5.91 Å². The Balaban J connectivity index is 0.00000150. The van der Waals surface area contributed by atoms with Crippen LogP contribution < -0.4 is 5.32 Å². The molecule has 3 heterocycles. The van der Waals surface area contributed by atoms with Crippen LogP contribution >= 0.6 is 24.8 Å². The lowest BCUT2D eigenvalue weighted by atomic mass is 9.97. The number of nitrogens with one attached hydrogen (secondary N) is 1. The van der Waals surface area contributed by atoms with Gasteiger partial charge in [0.05, 0.1) is 11.4 Å². The predicted octanol–water partition coefficient (Wildman–Crippen LogP) is 3.04. The molecule has 0 spiro atoms. The molecule has 1 aromatic carbocycles. The SMILES string of the molecule is CNCC1CCCN(C(=O)c2nnn(-c3cccc4cnccc34)c2C)C1.Cl.Cl. The summed E-state index contributed by atoms with van der Waals surface area (Å²) < 4.78 is 1.75. The zero-order valence-electron chi connectivity index (χ0n) is 16.5. The minimum atomic E-state index is -0.0264. The molecule has 0 saturated carbocycles. The van der Waals surface area contributed by atoms with Crippen LogP contribution in [0.3, 0.4) is 0 Å². The molecule has 7 nitrogen and oxygen atoms in total. The Morgan fingerprint density at radius 3 is 2.90 bits per heavy atom. The Labute approximate surface area is 182 Å². The van der Waals surface area contributed by atoms with Crippen LogP contribution in [-0.4, -0.2) is 57.5 Å². The molecule has 29 heavy (non-hydrogen) atoms. The van der Waals surface area contributed by atoms with Gasteiger partial charge in [-0.1, -0.05) is 17.3 Å². The second-order valence-corrected chi connectivity index (χ2v) is 7.13. The van der Waals surface area contributed by atoms with Gasteiger partial charge >= 0.3 is 0 Å². The first-order valence-electron chi connectivity index (χ1n) is 9.38. The van der Waals surface area contributed by atoms with E-state index in [9.17, 15) is 4.79 Å². The average molecular weight is 437 g/mol. The van der Waals surface area contributed by atoms with Crippen LogP contribution in [0.1, 0.15) is 29.0 Å². The van der Waals surface area contributed by atoms with Crippen molar-refractivity contribution in [3.8, 4) is 5.69 Å². The Morgan fingerprint density at radius 1 is 1.28 bits per heavy atom. The third-order valence-electron chi connectivity index (χ3n) is 5.28. The van der Waals surface area contributed by atoms with Crippen molar-refractivity contribution < 1.29 is 4.79 Å². The minimum absolute atomic E-state index is 0. The fourth-order valence-electron chi connectivity index (χ4n) is 3.90. The maximum Gasteiger partial charge on any atom is 0.276 e. The number of pyridine rings is 1. The summed E-state index contributed by atoms with van der Waals surface area (Å²) in [7, 11) is 1.95. The summed E-state index contributed by atoms with van der Waals surface area (Å²) >= 11 is 0. The molecule has 9 heteroatoms. The van der Waals surface area contributed by atoms with Crippen LogP contribution in [0.15, 0.2) is 36.7 Å². The van der Waals surface area contributed by atoms with Gasteiger partial charge in [-0.25, -0.2) is 4.68 Å². The van der Waals surface area contributed by atoms with Crippen molar-refractivity contribution >= 4 is 41.5 Å². The molecule has 1 aliphatic heterocycles. The molecule has 1 fully saturated rings. The molecule has 1 aliphatic rings. The highest BCUT2D eigenvalue weighted by Gasteiger charge is 2.28. The van der Waals surface area contributed by atoms with Gasteiger partial charge in [-0.2, -0.15) is 0 Å². The van der Waals surface area contributed by atoms with E-state index in [1.54, 1.807) is 10.9 Å². The Kier molecular flexibility index (Phi) is 7.96. The fraction of sp³-hybridized carbons (Fsp3) is 0.400. The fourth-order valence-corrected chi connectivity index (χ4v) is 3.90. The molecule has 4 rings (SSSR count). The largest absolute Gasteiger partial charge is 0.337 e. The summed E-state index contributed by atoms with van der Waals surface area (Å²) in [4.78, 5) is 19.2. The van der Waals surface area contributed by atoms with Crippen LogP contribution in [0.5, 0.6) is 0 Å². The lowest BCUT2D eigenvalue weighted by molar-refractivity contribution is 0.0667. The maximum atomic E-state index is 13.1. The zero-order valence-corrected chi connectivity index (χ0v) is 18.2. The molecule has 3 aromatic rings. The van der Waals surface area contributed by atoms with Gasteiger partial charge in [-0.3, -0.25) is 9.78 Å². The van der Waals surface area contributed by atoms with Crippen LogP contribution in [0, 0.1) is 12.8 Å². The molecule has 1 saturated heterocycles. The van der Waals surface area contributed by atoms with Crippen LogP contribution in [0.25, 0.3) is 16.5 Å². The normalized spacial score (nSPS) is 16.2. The number of carbonyl (C=O) groups excluding carboxylic acids is 1. The molecule has 0 radical (unpaired) electrons. The molecular weight excluding hydrogens is 411 g/mol. The van der Waals surface area contributed by atoms with Crippen LogP contribution in [0.2, 0.25) is 0 Å². The number of amides is 1. The summed E-state index contributed by atoms with van der Waals surface area (Å²) in [6.45, 7) is 4.39. The standard InChI is InChI=1S/C20H24N6O.2ClH/c1-14-19(20(27)25-10-4-5-15(13-25)11-21-2)23-24-26(14)18-7-3-6-16-12-22-9-8-17(16)18;;/h3,6-9,12,15,21H,4-5,10-11,13H2,1-2H3;2*1H. The van der Waals surface area contributed by atoms with E-state index in [-0.39, 0.29) is 30.7 Å². The van der Waals surface area contributed by atoms with Gasteiger partial charge in [0.2, 0.25) is 0 Å². The number of hydrogen-bond donors (Lipinski definition) is 1. The first-order valence-corrected chi connectivity index (χ1v) is 9.38. The Bertz CT molecular complexity index is 969. The van der Waals surface area contributed by atoms with E-state index in [2.05, 4.69) is 20.6 Å². The molecule has 0 bridgehead atoms. The van der Waals surface area contributed by atoms with Crippen LogP contribution in [-0.2, 0) is 0 Å². The van der Waals surface area contributed by atoms with Crippen molar-refractivity contribution in [1.82, 2.24) is 30.2 Å². The molecule has 1 atom stereocenters. The summed E-state index contributed by atoms with van der Waals surface area (Å²) in [6.07, 6.45) is 5.77. The second-order valence-electron chi connectivity index (χ2n) is 7.13. The summed E-state index contributed by atoms with van der Waals surface area (Å²) in [5.41, 5.74) is 2.11. The van der Waals surface area contributed by atoms with E-state index in [0.29, 0.717) is 11.6 Å². The predicted molar refractivity (Wildman–Crippen MR) is 118 cm³/mol. The van der Waals surface area contributed by atoms with E-state index >= 15 is 0 Å². The highest BCUT2D eigenvalue weighted by molar-refractivity contribution is 5.94. The second kappa shape index (κ2) is 10.0. The minimum Gasteiger partial charge on any atom is -0.337 e. The van der Waals surface area contributed by atoms with E-state index in [1.807, 2.05) is 49.3 Å². The van der Waals surface area contributed by atoms with E-state index < -0.39 is 0 Å². The van der Waals surface area contributed by atoms with E-state index in [4.69, 9.17) is 0 Å². The van der Waals surface area contributed by atoms with E-state index in [0.717, 1.165) is 54.6 Å². The molecule has 1 amide bonds. The summed E-state index contributed by atoms with van der Waals surface area (Å²) in [6, 6.07) is 7.93. The van der Waals surface area contributed by atoms with Gasteiger partial charge in [0.15, 0.2) is 5.69 Å². The van der Waals surface area contributed by atoms with Crippen molar-refractivity contribution in [2.24, 2.45) is 5.92 Å². The number of likely N-dealkylation sites (tertiary alicyclic amines) is 1. The first-order chi connectivity index (χ1) is 13.2. The molecule has 156 valence electrons. The third-order valence-corrected chi connectivity index (χ3v) is 5.28.